The molecule has 1 aromatic heterocycles. The Morgan fingerprint density at radius 2 is 2.04 bits per heavy atom. The van der Waals surface area contributed by atoms with Crippen molar-refractivity contribution in [1.29, 1.82) is 0 Å². The Hall–Kier alpha value is -2.34. The van der Waals surface area contributed by atoms with Gasteiger partial charge in [-0.1, -0.05) is 18.6 Å². The number of aryl methyl sites for hydroxylation is 2. The van der Waals surface area contributed by atoms with Crippen LogP contribution in [0.15, 0.2) is 23.0 Å². The van der Waals surface area contributed by atoms with Gasteiger partial charge in [0.1, 0.15) is 11.3 Å². The Labute approximate surface area is 140 Å². The van der Waals surface area contributed by atoms with Crippen LogP contribution in [0.25, 0.3) is 10.9 Å². The molecule has 2 aromatic rings. The molecule has 0 spiro atoms. The maximum Gasteiger partial charge on any atom is 0.267 e. The van der Waals surface area contributed by atoms with E-state index in [0.29, 0.717) is 18.5 Å². The second kappa shape index (κ2) is 7.05. The Morgan fingerprint density at radius 3 is 2.83 bits per heavy atom. The predicted molar refractivity (Wildman–Crippen MR) is 92.1 cm³/mol. The molecule has 1 aromatic carbocycles. The lowest BCUT2D eigenvalue weighted by Crippen LogP contribution is -2.50. The van der Waals surface area contributed by atoms with E-state index in [9.17, 15) is 14.7 Å². The number of hydrogen-bond donors (Lipinski definition) is 3. The van der Waals surface area contributed by atoms with Gasteiger partial charge in [0.15, 0.2) is 0 Å². The van der Waals surface area contributed by atoms with Gasteiger partial charge in [0, 0.05) is 18.5 Å². The highest BCUT2D eigenvalue weighted by Crippen LogP contribution is 2.31. The molecule has 0 unspecified atom stereocenters. The average molecular weight is 330 g/mol. The van der Waals surface area contributed by atoms with Crippen LogP contribution in [0.2, 0.25) is 0 Å². The van der Waals surface area contributed by atoms with Gasteiger partial charge in [0.05, 0.1) is 12.1 Å². The fraction of sp³-hybridized carbons (Fsp3) is 0.444. The second-order valence-electron chi connectivity index (χ2n) is 6.27. The molecule has 0 fully saturated rings. The van der Waals surface area contributed by atoms with Crippen molar-refractivity contribution >= 4 is 16.8 Å². The Kier molecular flexibility index (Phi) is 4.85. The third kappa shape index (κ3) is 2.89. The Balaban J connectivity index is 1.81. The van der Waals surface area contributed by atoms with Gasteiger partial charge in [0.25, 0.3) is 11.5 Å². The number of hydrogen-bond acceptors (Lipinski definition) is 3. The molecule has 0 saturated heterocycles. The van der Waals surface area contributed by atoms with E-state index < -0.39 is 11.5 Å². The number of nitrogens with one attached hydrogen (secondary N) is 1. The first-order valence-electron chi connectivity index (χ1n) is 8.60. The summed E-state index contributed by atoms with van der Waals surface area (Å²) in [6.07, 6.45) is 4.82. The molecule has 0 atom stereocenters. The summed E-state index contributed by atoms with van der Waals surface area (Å²) in [7, 11) is 0. The van der Waals surface area contributed by atoms with Gasteiger partial charge in [-0.3, -0.25) is 9.59 Å². The summed E-state index contributed by atoms with van der Waals surface area (Å²) in [6, 6.07) is 5.56. The lowest BCUT2D eigenvalue weighted by molar-refractivity contribution is -0.368. The van der Waals surface area contributed by atoms with Crippen LogP contribution in [0.1, 0.15) is 41.6 Å². The number of unbranched alkanes of at least 4 members (excludes halogenated alkanes) is 3. The van der Waals surface area contributed by atoms with E-state index in [1.807, 2.05) is 12.1 Å². The molecule has 0 aliphatic carbocycles. The number of aromatic hydroxyl groups is 1. The van der Waals surface area contributed by atoms with Gasteiger partial charge in [-0.25, -0.2) is 0 Å². The van der Waals surface area contributed by atoms with Crippen molar-refractivity contribution in [3.05, 3.63) is 39.7 Å². The van der Waals surface area contributed by atoms with Gasteiger partial charge in [0.2, 0.25) is 0 Å². The zero-order valence-electron chi connectivity index (χ0n) is 13.8. The topological polar surface area (TPSA) is 99.0 Å². The van der Waals surface area contributed by atoms with Gasteiger partial charge < -0.3 is 20.7 Å². The van der Waals surface area contributed by atoms with Crippen molar-refractivity contribution in [2.24, 2.45) is 0 Å². The minimum Gasteiger partial charge on any atom is -0.506 e. The summed E-state index contributed by atoms with van der Waals surface area (Å²) < 4.78 is 1.60. The van der Waals surface area contributed by atoms with Crippen molar-refractivity contribution in [2.75, 3.05) is 13.1 Å². The number of carbonyl (C=O) groups excluding carboxylic acids is 1. The smallest absolute Gasteiger partial charge is 0.267 e. The van der Waals surface area contributed by atoms with Crippen LogP contribution >= 0.6 is 0 Å². The largest absolute Gasteiger partial charge is 0.506 e. The number of pyridine rings is 1. The highest BCUT2D eigenvalue weighted by atomic mass is 16.3. The average Bonchev–Trinajstić information content (AvgIpc) is 3.01. The van der Waals surface area contributed by atoms with Crippen LogP contribution in [0.4, 0.5) is 0 Å². The number of amides is 1. The van der Waals surface area contributed by atoms with Crippen molar-refractivity contribution in [3.63, 3.8) is 0 Å². The van der Waals surface area contributed by atoms with E-state index in [0.717, 1.165) is 49.7 Å². The molecule has 6 nitrogen and oxygen atoms in total. The molecule has 2 heterocycles. The monoisotopic (exact) mass is 330 g/mol. The number of quaternary nitrogens is 1. The molecule has 1 aliphatic rings. The minimum atomic E-state index is -0.488. The SMILES string of the molecule is [NH3+]CCCCCCNC(=O)c1c(O)c2cccc3c2n(c1=O)CC3. The van der Waals surface area contributed by atoms with Crippen LogP contribution in [-0.2, 0) is 13.0 Å². The molecule has 3 rings (SSSR count). The van der Waals surface area contributed by atoms with E-state index >= 15 is 0 Å². The van der Waals surface area contributed by atoms with Crippen molar-refractivity contribution < 1.29 is 15.6 Å². The first-order valence-corrected chi connectivity index (χ1v) is 8.60. The Morgan fingerprint density at radius 1 is 1.25 bits per heavy atom. The van der Waals surface area contributed by atoms with Crippen LogP contribution in [0.3, 0.4) is 0 Å². The molecule has 0 saturated carbocycles. The fourth-order valence-electron chi connectivity index (χ4n) is 3.37. The number of benzene rings is 1. The molecule has 24 heavy (non-hydrogen) atoms. The fourth-order valence-corrected chi connectivity index (χ4v) is 3.37. The van der Waals surface area contributed by atoms with E-state index in [-0.39, 0.29) is 11.3 Å². The van der Waals surface area contributed by atoms with Gasteiger partial charge >= 0.3 is 0 Å². The molecule has 6 heteroatoms. The van der Waals surface area contributed by atoms with Crippen molar-refractivity contribution in [2.45, 2.75) is 38.6 Å². The number of para-hydroxylation sites is 1. The molecule has 0 bridgehead atoms. The van der Waals surface area contributed by atoms with Gasteiger partial charge in [-0.05, 0) is 37.3 Å². The maximum absolute atomic E-state index is 12.6. The third-order valence-corrected chi connectivity index (χ3v) is 4.63. The summed E-state index contributed by atoms with van der Waals surface area (Å²) in [5.41, 5.74) is 5.05. The summed E-state index contributed by atoms with van der Waals surface area (Å²) >= 11 is 0. The second-order valence-corrected chi connectivity index (χ2v) is 6.27. The van der Waals surface area contributed by atoms with E-state index in [1.54, 1.807) is 10.6 Å². The number of rotatable bonds is 7. The standard InChI is InChI=1S/C18H23N3O3/c19-9-3-1-2-4-10-20-17(23)14-16(22)13-7-5-6-12-8-11-21(15(12)13)18(14)24/h5-7,22H,1-4,8-11,19H2,(H,20,23)/p+1. The molecule has 1 aliphatic heterocycles. The number of carbonyl (C=O) groups is 1. The zero-order valence-corrected chi connectivity index (χ0v) is 13.8. The molecular weight excluding hydrogens is 306 g/mol. The summed E-state index contributed by atoms with van der Waals surface area (Å²) in [4.78, 5) is 25.0. The van der Waals surface area contributed by atoms with E-state index in [4.69, 9.17) is 0 Å². The quantitative estimate of drug-likeness (QED) is 0.655. The highest BCUT2D eigenvalue weighted by molar-refractivity contribution is 6.03. The number of nitrogens with zero attached hydrogens (tertiary/aromatic N) is 1. The van der Waals surface area contributed by atoms with Crippen LogP contribution in [0.5, 0.6) is 5.75 Å². The first kappa shape index (κ1) is 16.5. The predicted octanol–water partition coefficient (Wildman–Crippen LogP) is 0.795. The zero-order chi connectivity index (χ0) is 17.1. The first-order chi connectivity index (χ1) is 11.6. The molecule has 5 N–H and O–H groups in total. The molecule has 128 valence electrons. The van der Waals surface area contributed by atoms with Gasteiger partial charge in [-0.15, -0.1) is 0 Å². The molecule has 1 amide bonds. The van der Waals surface area contributed by atoms with E-state index in [1.165, 1.54) is 0 Å². The Bertz CT molecular complexity index is 826. The van der Waals surface area contributed by atoms with Crippen LogP contribution in [0, 0.1) is 0 Å². The van der Waals surface area contributed by atoms with Crippen molar-refractivity contribution in [1.82, 2.24) is 9.88 Å². The highest BCUT2D eigenvalue weighted by Gasteiger charge is 2.25. The molecule has 0 radical (unpaired) electrons. The maximum atomic E-state index is 12.6. The lowest BCUT2D eigenvalue weighted by atomic mass is 10.1. The minimum absolute atomic E-state index is 0.140. The number of aromatic nitrogens is 1. The lowest BCUT2D eigenvalue weighted by Gasteiger charge is -2.11. The van der Waals surface area contributed by atoms with Crippen LogP contribution in [-0.4, -0.2) is 28.7 Å². The van der Waals surface area contributed by atoms with Gasteiger partial charge in [-0.2, -0.15) is 0 Å². The third-order valence-electron chi connectivity index (χ3n) is 4.63. The normalized spacial score (nSPS) is 12.7. The summed E-state index contributed by atoms with van der Waals surface area (Å²) in [5.74, 6) is -0.692. The van der Waals surface area contributed by atoms with Crippen molar-refractivity contribution in [3.8, 4) is 5.75 Å². The molecular formula is C18H24N3O3+. The summed E-state index contributed by atoms with van der Waals surface area (Å²) in [5, 5.41) is 13.8. The summed E-state index contributed by atoms with van der Waals surface area (Å²) in [6.45, 7) is 1.99. The van der Waals surface area contributed by atoms with Crippen LogP contribution < -0.4 is 16.6 Å². The van der Waals surface area contributed by atoms with E-state index in [2.05, 4.69) is 11.1 Å².